The zero-order valence-corrected chi connectivity index (χ0v) is 8.90. The molecule has 0 radical (unpaired) electrons. The van der Waals surface area contributed by atoms with Crippen molar-refractivity contribution < 1.29 is 24.5 Å². The zero-order valence-electron chi connectivity index (χ0n) is 8.90. The standard InChI is InChI=1S/C8H13N3O5/c1-4(12)3-5(13)7(14)6(10-11-9)8(15)16-2/h5-7,13-14H,3H2,1-2H3. The predicted molar refractivity (Wildman–Crippen MR) is 52.3 cm³/mol. The first-order chi connectivity index (χ1) is 7.43. The van der Waals surface area contributed by atoms with Crippen LogP contribution < -0.4 is 0 Å². The van der Waals surface area contributed by atoms with Crippen LogP contribution in [-0.4, -0.2) is 47.3 Å². The second kappa shape index (κ2) is 6.78. The minimum atomic E-state index is -1.67. The summed E-state index contributed by atoms with van der Waals surface area (Å²) in [6, 6.07) is -1.57. The molecule has 2 N–H and O–H groups in total. The second-order valence-corrected chi connectivity index (χ2v) is 3.14. The highest BCUT2D eigenvalue weighted by Gasteiger charge is 2.32. The average Bonchev–Trinajstić information content (AvgIpc) is 2.23. The number of esters is 1. The summed E-state index contributed by atoms with van der Waals surface area (Å²) in [5.74, 6) is -1.34. The Labute approximate surface area is 91.5 Å². The van der Waals surface area contributed by atoms with Crippen LogP contribution >= 0.6 is 0 Å². The number of ether oxygens (including phenoxy) is 1. The number of carbonyl (C=O) groups excluding carboxylic acids is 2. The summed E-state index contributed by atoms with van der Waals surface area (Å²) >= 11 is 0. The van der Waals surface area contributed by atoms with Crippen LogP contribution in [0.2, 0.25) is 0 Å². The van der Waals surface area contributed by atoms with Gasteiger partial charge >= 0.3 is 5.97 Å². The molecule has 0 saturated heterocycles. The van der Waals surface area contributed by atoms with Gasteiger partial charge in [0, 0.05) is 11.3 Å². The van der Waals surface area contributed by atoms with E-state index in [9.17, 15) is 19.8 Å². The molecule has 0 aromatic heterocycles. The monoisotopic (exact) mass is 231 g/mol. The molecule has 0 amide bonds. The number of carbonyl (C=O) groups is 2. The number of ketones is 1. The Kier molecular flexibility index (Phi) is 6.09. The summed E-state index contributed by atoms with van der Waals surface area (Å²) in [7, 11) is 1.05. The van der Waals surface area contributed by atoms with E-state index in [-0.39, 0.29) is 12.2 Å². The first-order valence-corrected chi connectivity index (χ1v) is 4.41. The summed E-state index contributed by atoms with van der Waals surface area (Å²) < 4.78 is 4.28. The maximum atomic E-state index is 11.1. The van der Waals surface area contributed by atoms with Gasteiger partial charge in [0.05, 0.1) is 19.3 Å². The smallest absolute Gasteiger partial charge is 0.317 e. The van der Waals surface area contributed by atoms with Crippen LogP contribution in [-0.2, 0) is 14.3 Å². The van der Waals surface area contributed by atoms with Gasteiger partial charge in [-0.2, -0.15) is 0 Å². The van der Waals surface area contributed by atoms with E-state index in [0.29, 0.717) is 0 Å². The van der Waals surface area contributed by atoms with Gasteiger partial charge in [-0.05, 0) is 12.5 Å². The number of nitrogens with zero attached hydrogens (tertiary/aromatic N) is 3. The van der Waals surface area contributed by atoms with Gasteiger partial charge in [0.15, 0.2) is 6.04 Å². The Hall–Kier alpha value is -1.63. The largest absolute Gasteiger partial charge is 0.469 e. The van der Waals surface area contributed by atoms with Crippen LogP contribution in [0.15, 0.2) is 5.11 Å². The van der Waals surface area contributed by atoms with Gasteiger partial charge in [-0.15, -0.1) is 0 Å². The van der Waals surface area contributed by atoms with Gasteiger partial charge in [-0.25, -0.2) is 0 Å². The molecule has 16 heavy (non-hydrogen) atoms. The molecule has 0 aliphatic rings. The van der Waals surface area contributed by atoms with E-state index in [1.807, 2.05) is 0 Å². The van der Waals surface area contributed by atoms with Crippen molar-refractivity contribution >= 4 is 11.8 Å². The van der Waals surface area contributed by atoms with Gasteiger partial charge < -0.3 is 14.9 Å². The molecular formula is C8H13N3O5. The number of Topliss-reactive ketones (excluding diaryl/α,β-unsaturated/α-hetero) is 1. The number of azide groups is 1. The van der Waals surface area contributed by atoms with Gasteiger partial charge in [0.25, 0.3) is 0 Å². The predicted octanol–water partition coefficient (Wildman–Crippen LogP) is -0.461. The van der Waals surface area contributed by atoms with Gasteiger partial charge in [-0.3, -0.25) is 9.59 Å². The van der Waals surface area contributed by atoms with Crippen molar-refractivity contribution in [1.29, 1.82) is 0 Å². The van der Waals surface area contributed by atoms with Crippen molar-refractivity contribution in [3.63, 3.8) is 0 Å². The maximum Gasteiger partial charge on any atom is 0.317 e. The Morgan fingerprint density at radius 2 is 2.06 bits per heavy atom. The van der Waals surface area contributed by atoms with Gasteiger partial charge in [0.2, 0.25) is 0 Å². The molecule has 0 heterocycles. The lowest BCUT2D eigenvalue weighted by molar-refractivity contribution is -0.147. The van der Waals surface area contributed by atoms with E-state index in [0.717, 1.165) is 7.11 Å². The molecule has 0 aliphatic carbocycles. The highest BCUT2D eigenvalue weighted by molar-refractivity contribution is 5.78. The van der Waals surface area contributed by atoms with E-state index in [2.05, 4.69) is 14.8 Å². The molecule has 8 nitrogen and oxygen atoms in total. The molecule has 3 atom stereocenters. The summed E-state index contributed by atoms with van der Waals surface area (Å²) in [5.41, 5.74) is 8.18. The van der Waals surface area contributed by atoms with Crippen molar-refractivity contribution in [2.75, 3.05) is 7.11 Å². The molecule has 0 fully saturated rings. The van der Waals surface area contributed by atoms with Crippen LogP contribution in [0.4, 0.5) is 0 Å². The molecular weight excluding hydrogens is 218 g/mol. The zero-order chi connectivity index (χ0) is 12.7. The number of hydrogen-bond donors (Lipinski definition) is 2. The minimum absolute atomic E-state index is 0.338. The highest BCUT2D eigenvalue weighted by atomic mass is 16.5. The Morgan fingerprint density at radius 1 is 1.50 bits per heavy atom. The fraction of sp³-hybridized carbons (Fsp3) is 0.750. The summed E-state index contributed by atoms with van der Waals surface area (Å²) in [4.78, 5) is 24.1. The third kappa shape index (κ3) is 4.26. The van der Waals surface area contributed by atoms with Crippen LogP contribution in [0.25, 0.3) is 10.4 Å². The lowest BCUT2D eigenvalue weighted by Gasteiger charge is -2.20. The normalized spacial score (nSPS) is 15.5. The van der Waals surface area contributed by atoms with E-state index in [4.69, 9.17) is 5.53 Å². The summed E-state index contributed by atoms with van der Waals surface area (Å²) in [6.45, 7) is 1.22. The molecule has 8 heteroatoms. The van der Waals surface area contributed by atoms with Crippen LogP contribution in [0.3, 0.4) is 0 Å². The molecule has 0 aromatic carbocycles. The van der Waals surface area contributed by atoms with E-state index < -0.39 is 24.2 Å². The van der Waals surface area contributed by atoms with Crippen LogP contribution in [0.5, 0.6) is 0 Å². The number of hydrogen-bond acceptors (Lipinski definition) is 6. The molecule has 90 valence electrons. The summed E-state index contributed by atoms with van der Waals surface area (Å²) in [5, 5.41) is 21.9. The van der Waals surface area contributed by atoms with E-state index >= 15 is 0 Å². The lowest BCUT2D eigenvalue weighted by Crippen LogP contribution is -2.42. The van der Waals surface area contributed by atoms with Crippen molar-refractivity contribution in [3.8, 4) is 0 Å². The SMILES string of the molecule is COC(=O)C(N=[N+]=[N-])C(O)C(O)CC(C)=O. The molecule has 3 unspecified atom stereocenters. The van der Waals surface area contributed by atoms with Crippen LogP contribution in [0.1, 0.15) is 13.3 Å². The Bertz CT molecular complexity index is 313. The highest BCUT2D eigenvalue weighted by Crippen LogP contribution is 2.10. The quantitative estimate of drug-likeness (QED) is 0.276. The summed E-state index contributed by atoms with van der Waals surface area (Å²) in [6.07, 6.45) is -3.49. The van der Waals surface area contributed by atoms with Crippen molar-refractivity contribution in [2.45, 2.75) is 31.6 Å². The first kappa shape index (κ1) is 14.4. The fourth-order valence-electron chi connectivity index (χ4n) is 1.06. The molecule has 0 rings (SSSR count). The first-order valence-electron chi connectivity index (χ1n) is 4.41. The van der Waals surface area contributed by atoms with Crippen molar-refractivity contribution in [3.05, 3.63) is 10.4 Å². The fourth-order valence-corrected chi connectivity index (χ4v) is 1.06. The van der Waals surface area contributed by atoms with Crippen LogP contribution in [0, 0.1) is 0 Å². The van der Waals surface area contributed by atoms with E-state index in [1.165, 1.54) is 6.92 Å². The minimum Gasteiger partial charge on any atom is -0.469 e. The van der Waals surface area contributed by atoms with Crippen molar-refractivity contribution in [1.82, 2.24) is 0 Å². The molecule has 0 bridgehead atoms. The molecule has 0 spiro atoms. The lowest BCUT2D eigenvalue weighted by atomic mass is 10.0. The van der Waals surface area contributed by atoms with Gasteiger partial charge in [0.1, 0.15) is 5.78 Å². The second-order valence-electron chi connectivity index (χ2n) is 3.14. The Balaban J connectivity index is 4.72. The topological polar surface area (TPSA) is 133 Å². The van der Waals surface area contributed by atoms with E-state index in [1.54, 1.807) is 0 Å². The number of rotatable bonds is 6. The number of aliphatic hydroxyl groups is 2. The average molecular weight is 231 g/mol. The maximum absolute atomic E-state index is 11.1. The number of aliphatic hydroxyl groups excluding tert-OH is 2. The molecule has 0 aromatic rings. The molecule has 0 saturated carbocycles. The van der Waals surface area contributed by atoms with Gasteiger partial charge in [-0.1, -0.05) is 5.11 Å². The Morgan fingerprint density at radius 3 is 2.44 bits per heavy atom. The third-order valence-electron chi connectivity index (χ3n) is 1.83. The van der Waals surface area contributed by atoms with Crippen molar-refractivity contribution in [2.24, 2.45) is 5.11 Å². The third-order valence-corrected chi connectivity index (χ3v) is 1.83. The molecule has 0 aliphatic heterocycles. The number of methoxy groups -OCH3 is 1.